The standard InChI is InChI=1S/C10H8BrF3N4O2S/c1-18-8(16-17-9(18)21(15,19)20)5-2-3-7(11)6(4-5)10(12,13)14/h2-4H,1H3,(H2,15,19,20). The fourth-order valence-electron chi connectivity index (χ4n) is 1.70. The van der Waals surface area contributed by atoms with E-state index in [9.17, 15) is 21.6 Å². The maximum Gasteiger partial charge on any atom is 0.417 e. The van der Waals surface area contributed by atoms with Gasteiger partial charge < -0.3 is 0 Å². The minimum atomic E-state index is -4.56. The van der Waals surface area contributed by atoms with Crippen LogP contribution in [0, 0.1) is 0 Å². The molecule has 21 heavy (non-hydrogen) atoms. The van der Waals surface area contributed by atoms with Gasteiger partial charge in [-0.05, 0) is 12.1 Å². The maximum absolute atomic E-state index is 12.9. The molecule has 0 spiro atoms. The van der Waals surface area contributed by atoms with Crippen molar-refractivity contribution < 1.29 is 21.6 Å². The number of benzene rings is 1. The number of primary sulfonamides is 1. The molecule has 0 bridgehead atoms. The first-order valence-corrected chi connectivity index (χ1v) is 7.65. The Kier molecular flexibility index (Phi) is 3.84. The van der Waals surface area contributed by atoms with Gasteiger partial charge >= 0.3 is 6.18 Å². The molecule has 0 amide bonds. The highest BCUT2D eigenvalue weighted by Crippen LogP contribution is 2.37. The van der Waals surface area contributed by atoms with Crippen LogP contribution in [0.4, 0.5) is 13.2 Å². The first-order chi connectivity index (χ1) is 9.51. The lowest BCUT2D eigenvalue weighted by Crippen LogP contribution is -2.17. The van der Waals surface area contributed by atoms with Crippen molar-refractivity contribution in [1.82, 2.24) is 14.8 Å². The molecule has 0 atom stereocenters. The number of nitrogens with two attached hydrogens (primary N) is 1. The molecule has 0 aliphatic rings. The van der Waals surface area contributed by atoms with Gasteiger partial charge in [0.05, 0.1) is 5.56 Å². The number of alkyl halides is 3. The van der Waals surface area contributed by atoms with E-state index < -0.39 is 26.9 Å². The summed E-state index contributed by atoms with van der Waals surface area (Å²) in [5.74, 6) is -0.0444. The molecule has 1 heterocycles. The summed E-state index contributed by atoms with van der Waals surface area (Å²) < 4.78 is 61.9. The minimum absolute atomic E-state index is 0.0444. The molecule has 6 nitrogen and oxygen atoms in total. The number of hydrogen-bond donors (Lipinski definition) is 1. The van der Waals surface area contributed by atoms with Gasteiger partial charge in [0.2, 0.25) is 0 Å². The zero-order chi connectivity index (χ0) is 16.0. The summed E-state index contributed by atoms with van der Waals surface area (Å²) in [6.07, 6.45) is -4.56. The molecule has 0 fully saturated rings. The third-order valence-electron chi connectivity index (χ3n) is 2.62. The molecule has 114 valence electrons. The van der Waals surface area contributed by atoms with Crippen LogP contribution in [0.1, 0.15) is 5.56 Å². The van der Waals surface area contributed by atoms with Crippen LogP contribution in [-0.4, -0.2) is 23.2 Å². The molecule has 0 radical (unpaired) electrons. The number of rotatable bonds is 2. The van der Waals surface area contributed by atoms with Crippen LogP contribution in [-0.2, 0) is 23.2 Å². The fraction of sp³-hybridized carbons (Fsp3) is 0.200. The average Bonchev–Trinajstić information content (AvgIpc) is 2.70. The van der Waals surface area contributed by atoms with E-state index in [1.807, 2.05) is 0 Å². The molecule has 2 rings (SSSR count). The Labute approximate surface area is 126 Å². The first-order valence-electron chi connectivity index (χ1n) is 5.31. The third-order valence-corrected chi connectivity index (χ3v) is 4.18. The molecule has 0 aliphatic heterocycles. The lowest BCUT2D eigenvalue weighted by Gasteiger charge is -2.11. The topological polar surface area (TPSA) is 90.9 Å². The van der Waals surface area contributed by atoms with Gasteiger partial charge in [0.25, 0.3) is 15.2 Å². The van der Waals surface area contributed by atoms with E-state index in [0.717, 1.165) is 10.6 Å². The largest absolute Gasteiger partial charge is 0.417 e. The van der Waals surface area contributed by atoms with Crippen molar-refractivity contribution in [3.8, 4) is 11.4 Å². The number of halogens is 4. The smallest absolute Gasteiger partial charge is 0.300 e. The number of aromatic nitrogens is 3. The van der Waals surface area contributed by atoms with E-state index in [4.69, 9.17) is 5.14 Å². The zero-order valence-corrected chi connectivity index (χ0v) is 12.8. The molecule has 1 aromatic carbocycles. The Bertz CT molecular complexity index is 801. The van der Waals surface area contributed by atoms with Crippen molar-refractivity contribution >= 4 is 26.0 Å². The van der Waals surface area contributed by atoms with Gasteiger partial charge in [-0.25, -0.2) is 13.6 Å². The molecule has 0 aliphatic carbocycles. The van der Waals surface area contributed by atoms with Crippen molar-refractivity contribution in [2.75, 3.05) is 0 Å². The highest BCUT2D eigenvalue weighted by molar-refractivity contribution is 9.10. The van der Waals surface area contributed by atoms with Gasteiger partial charge in [-0.1, -0.05) is 22.0 Å². The van der Waals surface area contributed by atoms with Crippen LogP contribution in [0.25, 0.3) is 11.4 Å². The summed E-state index contributed by atoms with van der Waals surface area (Å²) in [6, 6.07) is 3.40. The molecule has 0 saturated carbocycles. The molecule has 11 heteroatoms. The Balaban J connectivity index is 2.62. The molecular formula is C10H8BrF3N4O2S. The van der Waals surface area contributed by atoms with Crippen molar-refractivity contribution in [2.45, 2.75) is 11.3 Å². The zero-order valence-electron chi connectivity index (χ0n) is 10.4. The van der Waals surface area contributed by atoms with Crippen LogP contribution < -0.4 is 5.14 Å². The molecule has 0 saturated heterocycles. The summed E-state index contributed by atoms with van der Waals surface area (Å²) in [5, 5.41) is 11.4. The summed E-state index contributed by atoms with van der Waals surface area (Å²) in [4.78, 5) is 0. The van der Waals surface area contributed by atoms with Gasteiger partial charge in [-0.15, -0.1) is 10.2 Å². The average molecular weight is 385 g/mol. The fourth-order valence-corrected chi connectivity index (χ4v) is 2.79. The van der Waals surface area contributed by atoms with Crippen LogP contribution in [0.2, 0.25) is 0 Å². The highest BCUT2D eigenvalue weighted by Gasteiger charge is 2.33. The van der Waals surface area contributed by atoms with E-state index in [2.05, 4.69) is 26.1 Å². The van der Waals surface area contributed by atoms with E-state index in [-0.39, 0.29) is 15.9 Å². The van der Waals surface area contributed by atoms with Crippen LogP contribution >= 0.6 is 15.9 Å². The van der Waals surface area contributed by atoms with Crippen LogP contribution in [0.3, 0.4) is 0 Å². The van der Waals surface area contributed by atoms with Crippen molar-refractivity contribution in [3.63, 3.8) is 0 Å². The summed E-state index contributed by atoms with van der Waals surface area (Å²) >= 11 is 2.82. The second-order valence-corrected chi connectivity index (χ2v) is 6.41. The minimum Gasteiger partial charge on any atom is -0.300 e. The summed E-state index contributed by atoms with van der Waals surface area (Å²) in [6.45, 7) is 0. The van der Waals surface area contributed by atoms with E-state index in [0.29, 0.717) is 0 Å². The normalized spacial score (nSPS) is 12.7. The van der Waals surface area contributed by atoms with Crippen molar-refractivity contribution in [3.05, 3.63) is 28.2 Å². The SMILES string of the molecule is Cn1c(-c2ccc(Br)c(C(F)(F)F)c2)nnc1S(N)(=O)=O. The summed E-state index contributed by atoms with van der Waals surface area (Å²) in [7, 11) is -2.81. The van der Waals surface area contributed by atoms with Crippen LogP contribution in [0.5, 0.6) is 0 Å². The number of hydrogen-bond acceptors (Lipinski definition) is 4. The predicted octanol–water partition coefficient (Wildman–Crippen LogP) is 1.91. The lowest BCUT2D eigenvalue weighted by atomic mass is 10.1. The Morgan fingerprint density at radius 2 is 1.90 bits per heavy atom. The van der Waals surface area contributed by atoms with E-state index in [1.165, 1.54) is 19.2 Å². The third kappa shape index (κ3) is 3.09. The Morgan fingerprint density at radius 3 is 2.38 bits per heavy atom. The lowest BCUT2D eigenvalue weighted by molar-refractivity contribution is -0.138. The molecule has 1 aromatic heterocycles. The maximum atomic E-state index is 12.9. The van der Waals surface area contributed by atoms with E-state index >= 15 is 0 Å². The monoisotopic (exact) mass is 384 g/mol. The number of nitrogens with zero attached hydrogens (tertiary/aromatic N) is 3. The van der Waals surface area contributed by atoms with Crippen molar-refractivity contribution in [2.24, 2.45) is 12.2 Å². The van der Waals surface area contributed by atoms with Gasteiger partial charge in [-0.3, -0.25) is 4.57 Å². The highest BCUT2D eigenvalue weighted by atomic mass is 79.9. The van der Waals surface area contributed by atoms with E-state index in [1.54, 1.807) is 0 Å². The van der Waals surface area contributed by atoms with Crippen LogP contribution in [0.15, 0.2) is 27.8 Å². The van der Waals surface area contributed by atoms with Gasteiger partial charge in [-0.2, -0.15) is 13.2 Å². The first kappa shape index (κ1) is 15.9. The molecule has 0 unspecified atom stereocenters. The Morgan fingerprint density at radius 1 is 1.29 bits per heavy atom. The second-order valence-electron chi connectivity index (χ2n) is 4.10. The molecular weight excluding hydrogens is 377 g/mol. The Hall–Kier alpha value is -1.46. The number of sulfonamides is 1. The molecule has 2 N–H and O–H groups in total. The van der Waals surface area contributed by atoms with Gasteiger partial charge in [0, 0.05) is 17.1 Å². The molecule has 2 aromatic rings. The quantitative estimate of drug-likeness (QED) is 0.855. The predicted molar refractivity (Wildman–Crippen MR) is 70.5 cm³/mol. The van der Waals surface area contributed by atoms with Gasteiger partial charge in [0.15, 0.2) is 5.82 Å². The summed E-state index contributed by atoms with van der Waals surface area (Å²) in [5.41, 5.74) is -0.837. The van der Waals surface area contributed by atoms with Crippen molar-refractivity contribution in [1.29, 1.82) is 0 Å². The second kappa shape index (κ2) is 5.07. The van der Waals surface area contributed by atoms with Gasteiger partial charge in [0.1, 0.15) is 0 Å².